The Balaban J connectivity index is 2.48. The third-order valence-electron chi connectivity index (χ3n) is 2.74. The zero-order valence-electron chi connectivity index (χ0n) is 10.1. The molecule has 0 aromatic heterocycles. The van der Waals surface area contributed by atoms with E-state index in [0.29, 0.717) is 22.7 Å². The number of ketones is 1. The van der Waals surface area contributed by atoms with Crippen LogP contribution in [0.25, 0.3) is 0 Å². The van der Waals surface area contributed by atoms with Crippen molar-refractivity contribution in [2.75, 3.05) is 5.32 Å². The van der Waals surface area contributed by atoms with E-state index in [-0.39, 0.29) is 11.7 Å². The maximum Gasteiger partial charge on any atom is 0.228 e. The molecule has 0 unspecified atom stereocenters. The minimum Gasteiger partial charge on any atom is -0.325 e. The van der Waals surface area contributed by atoms with E-state index in [9.17, 15) is 9.59 Å². The number of carbonyl (C=O) groups is 2. The molecule has 1 heterocycles. The third kappa shape index (κ3) is 2.20. The van der Waals surface area contributed by atoms with Crippen LogP contribution < -0.4 is 5.32 Å². The number of Topliss-reactive ketones (excluding diaryl/α,β-unsaturated/α-hetero) is 1. The average molecular weight is 252 g/mol. The van der Waals surface area contributed by atoms with E-state index in [1.165, 1.54) is 0 Å². The van der Waals surface area contributed by atoms with Gasteiger partial charge < -0.3 is 5.32 Å². The standard InChI is InChI=1S/C13H14ClNO2/c1-13(2,3)12(17)8-4-7-5-11(16)15-10(7)6-9(8)14/h4,6H,5H2,1-3H3,(H,15,16). The molecular formula is C13H14ClNO2. The van der Waals surface area contributed by atoms with E-state index in [1.54, 1.807) is 12.1 Å². The Hall–Kier alpha value is -1.35. The lowest BCUT2D eigenvalue weighted by molar-refractivity contribution is -0.115. The van der Waals surface area contributed by atoms with Crippen LogP contribution in [0.1, 0.15) is 36.7 Å². The molecule has 0 aliphatic carbocycles. The number of rotatable bonds is 1. The van der Waals surface area contributed by atoms with Crippen LogP contribution >= 0.6 is 11.6 Å². The lowest BCUT2D eigenvalue weighted by Crippen LogP contribution is -2.20. The Kier molecular flexibility index (Phi) is 2.74. The number of carbonyl (C=O) groups excluding carboxylic acids is 2. The van der Waals surface area contributed by atoms with Gasteiger partial charge in [-0.3, -0.25) is 9.59 Å². The first kappa shape index (κ1) is 12.1. The predicted molar refractivity (Wildman–Crippen MR) is 67.6 cm³/mol. The van der Waals surface area contributed by atoms with Crippen molar-refractivity contribution >= 4 is 29.0 Å². The first-order chi connectivity index (χ1) is 7.79. The van der Waals surface area contributed by atoms with Gasteiger partial charge in [0.1, 0.15) is 0 Å². The van der Waals surface area contributed by atoms with Crippen LogP contribution in [0, 0.1) is 5.41 Å². The predicted octanol–water partition coefficient (Wildman–Crippen LogP) is 3.06. The Morgan fingerprint density at radius 3 is 2.59 bits per heavy atom. The molecule has 0 fully saturated rings. The highest BCUT2D eigenvalue weighted by molar-refractivity contribution is 6.34. The van der Waals surface area contributed by atoms with Crippen LogP contribution in [0.15, 0.2) is 12.1 Å². The Labute approximate surface area is 105 Å². The van der Waals surface area contributed by atoms with Gasteiger partial charge in [0, 0.05) is 16.7 Å². The van der Waals surface area contributed by atoms with Crippen molar-refractivity contribution in [3.8, 4) is 0 Å². The lowest BCUT2D eigenvalue weighted by atomic mass is 9.86. The molecule has 90 valence electrons. The van der Waals surface area contributed by atoms with Crippen molar-refractivity contribution in [2.45, 2.75) is 27.2 Å². The molecule has 0 radical (unpaired) electrons. The number of nitrogens with one attached hydrogen (secondary N) is 1. The number of amides is 1. The van der Waals surface area contributed by atoms with Crippen molar-refractivity contribution in [3.63, 3.8) is 0 Å². The van der Waals surface area contributed by atoms with Crippen LogP contribution in [0.3, 0.4) is 0 Å². The first-order valence-electron chi connectivity index (χ1n) is 5.46. The van der Waals surface area contributed by atoms with Crippen molar-refractivity contribution in [3.05, 3.63) is 28.3 Å². The molecule has 17 heavy (non-hydrogen) atoms. The summed E-state index contributed by atoms with van der Waals surface area (Å²) in [4.78, 5) is 23.4. The summed E-state index contributed by atoms with van der Waals surface area (Å²) in [5.41, 5.74) is 1.57. The number of anilines is 1. The largest absolute Gasteiger partial charge is 0.325 e. The fraction of sp³-hybridized carbons (Fsp3) is 0.385. The summed E-state index contributed by atoms with van der Waals surface area (Å²) in [6, 6.07) is 3.38. The van der Waals surface area contributed by atoms with Crippen molar-refractivity contribution in [1.29, 1.82) is 0 Å². The summed E-state index contributed by atoms with van der Waals surface area (Å²) in [7, 11) is 0. The molecule has 1 aromatic rings. The summed E-state index contributed by atoms with van der Waals surface area (Å²) in [6.45, 7) is 5.55. The number of halogens is 1. The second-order valence-corrected chi connectivity index (χ2v) is 5.70. The molecule has 3 nitrogen and oxygen atoms in total. The van der Waals surface area contributed by atoms with Gasteiger partial charge in [0.2, 0.25) is 5.91 Å². The van der Waals surface area contributed by atoms with E-state index in [0.717, 1.165) is 5.56 Å². The summed E-state index contributed by atoms with van der Waals surface area (Å²) >= 11 is 6.08. The van der Waals surface area contributed by atoms with Crippen LogP contribution in [-0.2, 0) is 11.2 Å². The molecule has 1 amide bonds. The zero-order valence-corrected chi connectivity index (χ0v) is 10.8. The van der Waals surface area contributed by atoms with E-state index < -0.39 is 5.41 Å². The molecule has 0 saturated heterocycles. The number of fused-ring (bicyclic) bond motifs is 1. The first-order valence-corrected chi connectivity index (χ1v) is 5.84. The van der Waals surface area contributed by atoms with Crippen LogP contribution in [0.5, 0.6) is 0 Å². The molecule has 1 aliphatic heterocycles. The van der Waals surface area contributed by atoms with Gasteiger partial charge in [0.05, 0.1) is 11.4 Å². The van der Waals surface area contributed by atoms with Gasteiger partial charge in [0.25, 0.3) is 0 Å². The minimum atomic E-state index is -0.478. The van der Waals surface area contributed by atoms with Crippen molar-refractivity contribution in [2.24, 2.45) is 5.41 Å². The summed E-state index contributed by atoms with van der Waals surface area (Å²) in [5.74, 6) is -0.0685. The normalized spacial score (nSPS) is 14.5. The smallest absolute Gasteiger partial charge is 0.228 e. The van der Waals surface area contributed by atoms with Gasteiger partial charge in [-0.2, -0.15) is 0 Å². The van der Waals surface area contributed by atoms with Crippen LogP contribution in [-0.4, -0.2) is 11.7 Å². The van der Waals surface area contributed by atoms with Gasteiger partial charge in [-0.1, -0.05) is 32.4 Å². The Bertz CT molecular complexity index is 515. The summed E-state index contributed by atoms with van der Waals surface area (Å²) < 4.78 is 0. The van der Waals surface area contributed by atoms with Crippen LogP contribution in [0.2, 0.25) is 5.02 Å². The number of hydrogen-bond acceptors (Lipinski definition) is 2. The zero-order chi connectivity index (χ0) is 12.8. The van der Waals surface area contributed by atoms with Crippen molar-refractivity contribution in [1.82, 2.24) is 0 Å². The SMILES string of the molecule is CC(C)(C)C(=O)c1cc2c(cc1Cl)NC(=O)C2. The molecule has 0 atom stereocenters. The highest BCUT2D eigenvalue weighted by Crippen LogP contribution is 2.33. The topological polar surface area (TPSA) is 46.2 Å². The average Bonchev–Trinajstić information content (AvgIpc) is 2.53. The van der Waals surface area contributed by atoms with Crippen LogP contribution in [0.4, 0.5) is 5.69 Å². The maximum absolute atomic E-state index is 12.2. The second kappa shape index (κ2) is 3.84. The number of hydrogen-bond donors (Lipinski definition) is 1. The van der Waals surface area contributed by atoms with E-state index in [4.69, 9.17) is 11.6 Å². The maximum atomic E-state index is 12.2. The summed E-state index contributed by atoms with van der Waals surface area (Å²) in [6.07, 6.45) is 0.316. The van der Waals surface area contributed by atoms with E-state index in [2.05, 4.69) is 5.32 Å². The highest BCUT2D eigenvalue weighted by Gasteiger charge is 2.27. The summed E-state index contributed by atoms with van der Waals surface area (Å²) in [5, 5.41) is 3.10. The van der Waals surface area contributed by atoms with Gasteiger partial charge in [-0.15, -0.1) is 0 Å². The second-order valence-electron chi connectivity index (χ2n) is 5.29. The fourth-order valence-corrected chi connectivity index (χ4v) is 2.08. The molecule has 1 aromatic carbocycles. The molecule has 1 N–H and O–H groups in total. The molecule has 4 heteroatoms. The van der Waals surface area contributed by atoms with Crippen molar-refractivity contribution < 1.29 is 9.59 Å². The molecule has 2 rings (SSSR count). The van der Waals surface area contributed by atoms with Gasteiger partial charge >= 0.3 is 0 Å². The lowest BCUT2D eigenvalue weighted by Gasteiger charge is -2.18. The molecule has 1 aliphatic rings. The Morgan fingerprint density at radius 1 is 1.35 bits per heavy atom. The molecule has 0 spiro atoms. The number of benzene rings is 1. The molecule has 0 bridgehead atoms. The molecule has 0 saturated carbocycles. The highest BCUT2D eigenvalue weighted by atomic mass is 35.5. The monoisotopic (exact) mass is 251 g/mol. The third-order valence-corrected chi connectivity index (χ3v) is 3.06. The quantitative estimate of drug-likeness (QED) is 0.780. The van der Waals surface area contributed by atoms with E-state index in [1.807, 2.05) is 20.8 Å². The Morgan fingerprint density at radius 2 is 2.00 bits per heavy atom. The minimum absolute atomic E-state index is 0.00958. The van der Waals surface area contributed by atoms with E-state index >= 15 is 0 Å². The fourth-order valence-electron chi connectivity index (χ4n) is 1.83. The van der Waals surface area contributed by atoms with Gasteiger partial charge in [-0.05, 0) is 17.7 Å². The van der Waals surface area contributed by atoms with Gasteiger partial charge in [-0.25, -0.2) is 0 Å². The molecular weight excluding hydrogens is 238 g/mol. The van der Waals surface area contributed by atoms with Gasteiger partial charge in [0.15, 0.2) is 5.78 Å².